The number of esters is 1. The van der Waals surface area contributed by atoms with Crippen LogP contribution in [0, 0.1) is 5.92 Å². The molecule has 0 radical (unpaired) electrons. The lowest BCUT2D eigenvalue weighted by atomic mass is 9.80. The van der Waals surface area contributed by atoms with Crippen molar-refractivity contribution in [3.05, 3.63) is 12.2 Å². The van der Waals surface area contributed by atoms with Crippen LogP contribution in [-0.2, 0) is 19.0 Å². The lowest BCUT2D eigenvalue weighted by Crippen LogP contribution is -2.71. The van der Waals surface area contributed by atoms with Crippen LogP contribution in [0.2, 0.25) is 0 Å². The lowest BCUT2D eigenvalue weighted by Gasteiger charge is -2.55. The van der Waals surface area contributed by atoms with E-state index in [9.17, 15) is 9.90 Å². The minimum atomic E-state index is -0.873. The first-order valence-corrected chi connectivity index (χ1v) is 23.4. The maximum Gasteiger partial charge on any atom is 0.316 e. The van der Waals surface area contributed by atoms with Crippen LogP contribution >= 0.6 is 0 Å². The molecule has 2 spiro atoms. The number of guanidine groups is 1. The van der Waals surface area contributed by atoms with Crippen LogP contribution in [-0.4, -0.2) is 107 Å². The molecule has 0 aromatic carbocycles. The third-order valence-corrected chi connectivity index (χ3v) is 13.5. The zero-order chi connectivity index (χ0) is 39.2. The number of amidine groups is 1. The van der Waals surface area contributed by atoms with Crippen LogP contribution in [0.3, 0.4) is 0 Å². The van der Waals surface area contributed by atoms with E-state index in [-0.39, 0.29) is 30.3 Å². The Labute approximate surface area is 339 Å². The Morgan fingerprint density at radius 3 is 2.45 bits per heavy atom. The molecule has 0 amide bonds. The first-order valence-electron chi connectivity index (χ1n) is 23.4. The van der Waals surface area contributed by atoms with Crippen LogP contribution in [0.5, 0.6) is 0 Å². The molecule has 0 saturated carbocycles. The first kappa shape index (κ1) is 43.4. The molecule has 6 aliphatic heterocycles. The van der Waals surface area contributed by atoms with Crippen molar-refractivity contribution in [2.75, 3.05) is 32.8 Å². The number of aliphatic hydroxyl groups excluding tert-OH is 1. The summed E-state index contributed by atoms with van der Waals surface area (Å²) in [5, 5.41) is 14.0. The predicted octanol–water partition coefficient (Wildman–Crippen LogP) is 7.74. The Morgan fingerprint density at radius 2 is 1.73 bits per heavy atom. The third kappa shape index (κ3) is 11.5. The minimum Gasteiger partial charge on any atom is -0.465 e. The number of rotatable bonds is 22. The van der Waals surface area contributed by atoms with Gasteiger partial charge in [0, 0.05) is 38.5 Å². The van der Waals surface area contributed by atoms with E-state index >= 15 is 0 Å². The number of nitrogens with zero attached hydrogens (tertiary/aromatic N) is 4. The lowest BCUT2D eigenvalue weighted by molar-refractivity contribution is -0.194. The van der Waals surface area contributed by atoms with Gasteiger partial charge in [-0.05, 0) is 90.5 Å². The Kier molecular flexibility index (Phi) is 16.8. The van der Waals surface area contributed by atoms with Crippen LogP contribution < -0.4 is 11.1 Å². The molecule has 0 aromatic rings. The largest absolute Gasteiger partial charge is 0.465 e. The summed E-state index contributed by atoms with van der Waals surface area (Å²) in [5.41, 5.74) is 4.32. The molecule has 0 aromatic heterocycles. The highest BCUT2D eigenvalue weighted by molar-refractivity contribution is 5.87. The van der Waals surface area contributed by atoms with Crippen molar-refractivity contribution in [1.29, 1.82) is 0 Å². The highest BCUT2D eigenvalue weighted by Crippen LogP contribution is 2.50. The molecular weight excluding hydrogens is 705 g/mol. The van der Waals surface area contributed by atoms with E-state index in [2.05, 4.69) is 41.1 Å². The van der Waals surface area contributed by atoms with Gasteiger partial charge in [-0.2, -0.15) is 0 Å². The van der Waals surface area contributed by atoms with E-state index in [1.54, 1.807) is 0 Å². The van der Waals surface area contributed by atoms with Gasteiger partial charge >= 0.3 is 5.97 Å². The average Bonchev–Trinajstić information content (AvgIpc) is 3.49. The van der Waals surface area contributed by atoms with Crippen molar-refractivity contribution in [3.8, 4) is 0 Å². The first-order chi connectivity index (χ1) is 27.4. The van der Waals surface area contributed by atoms with Gasteiger partial charge in [0.15, 0.2) is 11.7 Å². The molecule has 11 heteroatoms. The van der Waals surface area contributed by atoms with Crippen LogP contribution in [0.25, 0.3) is 0 Å². The van der Waals surface area contributed by atoms with Gasteiger partial charge in [0.1, 0.15) is 11.6 Å². The van der Waals surface area contributed by atoms with Gasteiger partial charge in [-0.25, -0.2) is 4.99 Å². The molecule has 11 nitrogen and oxygen atoms in total. The number of ether oxygens (including phenoxy) is 3. The summed E-state index contributed by atoms with van der Waals surface area (Å²) in [4.78, 5) is 28.9. The SMILES string of the molecule is CC[C@H]1C=CCC[C@@]2(C[C@@H]3CC[C@@H]4[C@H](C(=O)OCCCCCCCCCCCCCCCC5=NCCCN5C[C@H](O)CCN)[C@]5(CCC[C@@H](C)O5)N=C(N2)N34)O1. The van der Waals surface area contributed by atoms with Crippen molar-refractivity contribution in [2.24, 2.45) is 21.6 Å². The average molecular weight is 783 g/mol. The van der Waals surface area contributed by atoms with Gasteiger partial charge in [-0.1, -0.05) is 89.7 Å². The Morgan fingerprint density at radius 1 is 1.00 bits per heavy atom. The van der Waals surface area contributed by atoms with Gasteiger partial charge in [0.25, 0.3) is 0 Å². The van der Waals surface area contributed by atoms with Crippen molar-refractivity contribution in [3.63, 3.8) is 0 Å². The number of hydrogen-bond donors (Lipinski definition) is 3. The number of unbranched alkanes of at least 4 members (excludes halogenated alkanes) is 12. The second-order valence-electron chi connectivity index (χ2n) is 18.0. The van der Waals surface area contributed by atoms with Gasteiger partial charge in [0.05, 0.1) is 36.8 Å². The van der Waals surface area contributed by atoms with Crippen LogP contribution in [0.15, 0.2) is 22.1 Å². The molecule has 6 aliphatic rings. The number of carbonyl (C=O) groups excluding carboxylic acids is 1. The van der Waals surface area contributed by atoms with E-state index in [1.165, 1.54) is 76.5 Å². The second kappa shape index (κ2) is 21.7. The molecule has 8 atom stereocenters. The summed E-state index contributed by atoms with van der Waals surface area (Å²) in [6, 6.07) is 0.352. The standard InChI is InChI=1S/C45H78N6O5/c1-3-38-22-16-17-27-44(56-38)33-36-24-25-39-41(45(28-19-21-35(2)55-45)49-43(48-44)51(36)39)42(53)54-32-18-14-12-10-8-6-4-5-7-9-11-13-15-23-40-47-30-20-31-50(40)34-37(52)26-29-46/h16,22,35-39,41,52H,3-15,17-21,23-34,46H2,1-2H3,(H,48,49)/t35-,36+,37-,38+,39-,41-,44+,45-/m1/s1. The summed E-state index contributed by atoms with van der Waals surface area (Å²) in [7, 11) is 0. The van der Waals surface area contributed by atoms with Crippen molar-refractivity contribution in [1.82, 2.24) is 15.1 Å². The summed E-state index contributed by atoms with van der Waals surface area (Å²) < 4.78 is 19.6. The van der Waals surface area contributed by atoms with Crippen molar-refractivity contribution in [2.45, 2.75) is 216 Å². The molecule has 4 N–H and O–H groups in total. The fraction of sp³-hybridized carbons (Fsp3) is 0.889. The Balaban J connectivity index is 0.841. The molecule has 318 valence electrons. The number of nitrogens with one attached hydrogen (secondary N) is 1. The normalized spacial score (nSPS) is 31.8. The Bertz CT molecular complexity index is 1310. The molecule has 3 saturated heterocycles. The van der Waals surface area contributed by atoms with E-state index in [1.807, 2.05) is 0 Å². The molecule has 3 fully saturated rings. The number of allylic oxidation sites excluding steroid dienone is 1. The molecule has 6 heterocycles. The number of nitrogens with two attached hydrogens (primary N) is 1. The molecule has 0 unspecified atom stereocenters. The molecule has 0 bridgehead atoms. The maximum atomic E-state index is 14.1. The highest BCUT2D eigenvalue weighted by atomic mass is 16.6. The van der Waals surface area contributed by atoms with Gasteiger partial charge in [0.2, 0.25) is 0 Å². The van der Waals surface area contributed by atoms with Crippen molar-refractivity contribution >= 4 is 17.8 Å². The van der Waals surface area contributed by atoms with Gasteiger partial charge < -0.3 is 40.2 Å². The quantitative estimate of drug-likeness (QED) is 0.0573. The number of β-amino-alcohol motifs (C(OH)–C–C–N with tert-alkyl or cyclic N) is 1. The van der Waals surface area contributed by atoms with Crippen molar-refractivity contribution < 1.29 is 24.1 Å². The van der Waals surface area contributed by atoms with Gasteiger partial charge in [-0.3, -0.25) is 9.79 Å². The van der Waals surface area contributed by atoms with Crippen LogP contribution in [0.4, 0.5) is 0 Å². The van der Waals surface area contributed by atoms with E-state index < -0.39 is 17.4 Å². The maximum absolute atomic E-state index is 14.1. The smallest absolute Gasteiger partial charge is 0.316 e. The Hall–Kier alpha value is -2.21. The fourth-order valence-corrected chi connectivity index (χ4v) is 10.5. The third-order valence-electron chi connectivity index (χ3n) is 13.5. The minimum absolute atomic E-state index is 0.0440. The zero-order valence-corrected chi connectivity index (χ0v) is 35.3. The number of carbonyl (C=O) groups is 1. The van der Waals surface area contributed by atoms with E-state index in [0.717, 1.165) is 103 Å². The van der Waals surface area contributed by atoms with E-state index in [4.69, 9.17) is 29.9 Å². The summed E-state index contributed by atoms with van der Waals surface area (Å²) in [5.74, 6) is 1.56. The van der Waals surface area contributed by atoms with Gasteiger partial charge in [-0.15, -0.1) is 0 Å². The number of aliphatic hydroxyl groups is 1. The summed E-state index contributed by atoms with van der Waals surface area (Å²) in [6.07, 6.45) is 31.8. The summed E-state index contributed by atoms with van der Waals surface area (Å²) >= 11 is 0. The number of aliphatic imine (C=N–C) groups is 2. The fourth-order valence-electron chi connectivity index (χ4n) is 10.5. The summed E-state index contributed by atoms with van der Waals surface area (Å²) in [6.45, 7) is 7.94. The van der Waals surface area contributed by atoms with E-state index in [0.29, 0.717) is 32.2 Å². The zero-order valence-electron chi connectivity index (χ0n) is 35.3. The molecule has 0 aliphatic carbocycles. The number of hydrogen-bond acceptors (Lipinski definition) is 11. The topological polar surface area (TPSA) is 134 Å². The predicted molar refractivity (Wildman–Crippen MR) is 224 cm³/mol. The second-order valence-corrected chi connectivity index (χ2v) is 18.0. The molecule has 6 rings (SSSR count). The monoisotopic (exact) mass is 783 g/mol. The van der Waals surface area contributed by atoms with Crippen LogP contribution in [0.1, 0.15) is 174 Å². The molecule has 56 heavy (non-hydrogen) atoms. The highest BCUT2D eigenvalue weighted by Gasteiger charge is 2.62. The molecular formula is C45H78N6O5.